The lowest BCUT2D eigenvalue weighted by atomic mass is 10.2. The van der Waals surface area contributed by atoms with Gasteiger partial charge in [0.1, 0.15) is 5.75 Å². The van der Waals surface area contributed by atoms with Crippen LogP contribution in [-0.2, 0) is 9.84 Å². The highest BCUT2D eigenvalue weighted by atomic mass is 32.2. The van der Waals surface area contributed by atoms with Gasteiger partial charge in [-0.25, -0.2) is 13.4 Å². The van der Waals surface area contributed by atoms with Crippen LogP contribution in [0.3, 0.4) is 0 Å². The summed E-state index contributed by atoms with van der Waals surface area (Å²) >= 11 is 0. The first-order valence-corrected chi connectivity index (χ1v) is 7.55. The molecule has 0 atom stereocenters. The van der Waals surface area contributed by atoms with Crippen molar-refractivity contribution in [2.24, 2.45) is 0 Å². The van der Waals surface area contributed by atoms with Gasteiger partial charge in [0.05, 0.1) is 11.1 Å². The summed E-state index contributed by atoms with van der Waals surface area (Å²) in [4.78, 5) is 13.0. The summed E-state index contributed by atoms with van der Waals surface area (Å²) in [7, 11) is -3.50. The van der Waals surface area contributed by atoms with E-state index in [0.717, 1.165) is 30.7 Å². The van der Waals surface area contributed by atoms with Crippen LogP contribution in [0.5, 0.6) is 11.5 Å². The lowest BCUT2D eigenvalue weighted by Crippen LogP contribution is -2.01. The summed E-state index contributed by atoms with van der Waals surface area (Å²) in [5.41, 5.74) is -1.02. The SMILES string of the molecule is CS(=O)(=O)c1ccc(Oc2ccc([N+](=O)[O-])c(F)c2F)cn1. The number of benzene rings is 1. The first kappa shape index (κ1) is 15.8. The van der Waals surface area contributed by atoms with E-state index in [0.29, 0.717) is 0 Å². The van der Waals surface area contributed by atoms with Gasteiger partial charge in [0.25, 0.3) is 0 Å². The number of ether oxygens (including phenoxy) is 1. The lowest BCUT2D eigenvalue weighted by Gasteiger charge is -2.07. The van der Waals surface area contributed by atoms with E-state index in [-0.39, 0.29) is 10.8 Å². The molecule has 0 spiro atoms. The molecule has 1 aromatic heterocycles. The number of aromatic nitrogens is 1. The Morgan fingerprint density at radius 1 is 1.18 bits per heavy atom. The number of hydrogen-bond acceptors (Lipinski definition) is 6. The fourth-order valence-electron chi connectivity index (χ4n) is 1.51. The van der Waals surface area contributed by atoms with Gasteiger partial charge in [0.2, 0.25) is 11.6 Å². The van der Waals surface area contributed by atoms with Crippen molar-refractivity contribution in [1.29, 1.82) is 0 Å². The molecule has 2 aromatic rings. The Morgan fingerprint density at radius 2 is 1.86 bits per heavy atom. The second kappa shape index (κ2) is 5.64. The summed E-state index contributed by atoms with van der Waals surface area (Å²) in [5.74, 6) is -3.82. The molecule has 7 nitrogen and oxygen atoms in total. The molecule has 0 saturated carbocycles. The molecule has 1 aromatic carbocycles. The van der Waals surface area contributed by atoms with Crippen LogP contribution in [0, 0.1) is 21.7 Å². The van der Waals surface area contributed by atoms with Crippen molar-refractivity contribution in [2.45, 2.75) is 5.03 Å². The summed E-state index contributed by atoms with van der Waals surface area (Å²) in [6.07, 6.45) is 1.97. The molecule has 0 fully saturated rings. The van der Waals surface area contributed by atoms with Gasteiger partial charge < -0.3 is 4.74 Å². The second-order valence-corrected chi connectivity index (χ2v) is 6.14. The van der Waals surface area contributed by atoms with E-state index < -0.39 is 37.8 Å². The number of halogens is 2. The highest BCUT2D eigenvalue weighted by molar-refractivity contribution is 7.90. The molecule has 0 unspecified atom stereocenters. The Labute approximate surface area is 123 Å². The fourth-order valence-corrected chi connectivity index (χ4v) is 2.07. The Kier molecular flexibility index (Phi) is 4.04. The summed E-state index contributed by atoms with van der Waals surface area (Å²) in [6, 6.07) is 3.97. The van der Waals surface area contributed by atoms with Gasteiger partial charge >= 0.3 is 5.69 Å². The normalized spacial score (nSPS) is 11.2. The summed E-state index contributed by atoms with van der Waals surface area (Å²) in [5, 5.41) is 10.3. The molecule has 116 valence electrons. The zero-order valence-electron chi connectivity index (χ0n) is 11.0. The van der Waals surface area contributed by atoms with Crippen LogP contribution in [0.2, 0.25) is 0 Å². The molecule has 0 aliphatic carbocycles. The zero-order valence-corrected chi connectivity index (χ0v) is 11.8. The van der Waals surface area contributed by atoms with E-state index in [1.54, 1.807) is 0 Å². The standard InChI is InChI=1S/C12H8F2N2O5S/c1-22(19,20)10-5-2-7(6-15-10)21-9-4-3-8(16(17)18)11(13)12(9)14/h2-6H,1H3. The number of nitrogens with zero attached hydrogens (tertiary/aromatic N) is 2. The third-order valence-corrected chi connectivity index (χ3v) is 3.54. The van der Waals surface area contributed by atoms with Gasteiger partial charge in [-0.15, -0.1) is 0 Å². The van der Waals surface area contributed by atoms with E-state index in [2.05, 4.69) is 4.98 Å². The van der Waals surface area contributed by atoms with Crippen LogP contribution in [0.1, 0.15) is 0 Å². The molecule has 0 N–H and O–H groups in total. The minimum absolute atomic E-state index is 0.0560. The first-order valence-electron chi connectivity index (χ1n) is 5.66. The van der Waals surface area contributed by atoms with Crippen molar-refractivity contribution in [3.8, 4) is 11.5 Å². The van der Waals surface area contributed by atoms with Crippen LogP contribution < -0.4 is 4.74 Å². The molecule has 0 radical (unpaired) electrons. The van der Waals surface area contributed by atoms with Crippen molar-refractivity contribution in [2.75, 3.05) is 6.26 Å². The molecule has 2 rings (SSSR count). The summed E-state index contributed by atoms with van der Waals surface area (Å²) in [6.45, 7) is 0. The van der Waals surface area contributed by atoms with Gasteiger partial charge in [-0.1, -0.05) is 0 Å². The number of hydrogen-bond donors (Lipinski definition) is 0. The molecular formula is C12H8F2N2O5S. The third-order valence-electron chi connectivity index (χ3n) is 2.54. The van der Waals surface area contributed by atoms with Gasteiger partial charge in [-0.05, 0) is 18.2 Å². The maximum Gasteiger partial charge on any atom is 0.308 e. The van der Waals surface area contributed by atoms with E-state index in [9.17, 15) is 27.3 Å². The second-order valence-electron chi connectivity index (χ2n) is 4.17. The quantitative estimate of drug-likeness (QED) is 0.630. The Hall–Kier alpha value is -2.62. The van der Waals surface area contributed by atoms with Gasteiger partial charge in [-0.2, -0.15) is 8.78 Å². The molecule has 0 amide bonds. The van der Waals surface area contributed by atoms with Crippen molar-refractivity contribution in [3.05, 3.63) is 52.2 Å². The van der Waals surface area contributed by atoms with Crippen LogP contribution in [0.15, 0.2) is 35.5 Å². The highest BCUT2D eigenvalue weighted by Crippen LogP contribution is 2.30. The Morgan fingerprint density at radius 3 is 2.36 bits per heavy atom. The molecule has 1 heterocycles. The Balaban J connectivity index is 2.32. The zero-order chi connectivity index (χ0) is 16.5. The van der Waals surface area contributed by atoms with Crippen LogP contribution in [0.25, 0.3) is 0 Å². The lowest BCUT2D eigenvalue weighted by molar-refractivity contribution is -0.387. The number of pyridine rings is 1. The highest BCUT2D eigenvalue weighted by Gasteiger charge is 2.22. The minimum atomic E-state index is -3.50. The van der Waals surface area contributed by atoms with Crippen molar-refractivity contribution < 1.29 is 26.9 Å². The van der Waals surface area contributed by atoms with Gasteiger partial charge in [0, 0.05) is 12.3 Å². The fraction of sp³-hybridized carbons (Fsp3) is 0.0833. The van der Waals surface area contributed by atoms with E-state index in [1.165, 1.54) is 6.07 Å². The van der Waals surface area contributed by atoms with E-state index >= 15 is 0 Å². The van der Waals surface area contributed by atoms with Crippen molar-refractivity contribution >= 4 is 15.5 Å². The smallest absolute Gasteiger partial charge is 0.308 e. The maximum atomic E-state index is 13.7. The predicted molar refractivity (Wildman–Crippen MR) is 70.4 cm³/mol. The largest absolute Gasteiger partial charge is 0.453 e. The first-order chi connectivity index (χ1) is 10.2. The molecule has 10 heteroatoms. The van der Waals surface area contributed by atoms with Crippen LogP contribution >= 0.6 is 0 Å². The van der Waals surface area contributed by atoms with E-state index in [1.807, 2.05) is 0 Å². The molecule has 0 aliphatic rings. The molecular weight excluding hydrogens is 322 g/mol. The van der Waals surface area contributed by atoms with Gasteiger partial charge in [0.15, 0.2) is 20.6 Å². The Bertz CT molecular complexity index is 837. The molecule has 0 saturated heterocycles. The maximum absolute atomic E-state index is 13.7. The van der Waals surface area contributed by atoms with E-state index in [4.69, 9.17) is 4.74 Å². The number of nitro benzene ring substituents is 1. The summed E-state index contributed by atoms with van der Waals surface area (Å²) < 4.78 is 54.5. The molecule has 0 bridgehead atoms. The van der Waals surface area contributed by atoms with Gasteiger partial charge in [-0.3, -0.25) is 10.1 Å². The molecule has 22 heavy (non-hydrogen) atoms. The van der Waals surface area contributed by atoms with Crippen LogP contribution in [0.4, 0.5) is 14.5 Å². The third kappa shape index (κ3) is 3.17. The van der Waals surface area contributed by atoms with Crippen molar-refractivity contribution in [1.82, 2.24) is 4.98 Å². The average molecular weight is 330 g/mol. The number of nitro groups is 1. The monoisotopic (exact) mass is 330 g/mol. The number of sulfone groups is 1. The minimum Gasteiger partial charge on any atom is -0.453 e. The van der Waals surface area contributed by atoms with Crippen molar-refractivity contribution in [3.63, 3.8) is 0 Å². The molecule has 0 aliphatic heterocycles. The topological polar surface area (TPSA) is 99.4 Å². The van der Waals surface area contributed by atoms with Crippen LogP contribution in [-0.4, -0.2) is 24.6 Å². The average Bonchev–Trinajstić information content (AvgIpc) is 2.43. The number of rotatable bonds is 4. The predicted octanol–water partition coefficient (Wildman–Crippen LogP) is 2.46.